The van der Waals surface area contributed by atoms with E-state index in [1.54, 1.807) is 0 Å². The molecule has 2 aliphatic rings. The van der Waals surface area contributed by atoms with Gasteiger partial charge in [0.25, 0.3) is 0 Å². The van der Waals surface area contributed by atoms with Gasteiger partial charge in [0, 0.05) is 18.2 Å². The van der Waals surface area contributed by atoms with Crippen LogP contribution < -0.4 is 0 Å². The Morgan fingerprint density at radius 1 is 1.19 bits per heavy atom. The van der Waals surface area contributed by atoms with E-state index in [0.29, 0.717) is 13.1 Å². The highest BCUT2D eigenvalue weighted by Crippen LogP contribution is 2.38. The Labute approximate surface area is 95.4 Å². The molecule has 0 radical (unpaired) electrons. The summed E-state index contributed by atoms with van der Waals surface area (Å²) in [6.45, 7) is 2.13. The van der Waals surface area contributed by atoms with Crippen molar-refractivity contribution in [3.8, 4) is 0 Å². The molecule has 0 amide bonds. The largest absolute Gasteiger partial charge is 0.785 e. The maximum Gasteiger partial charge on any atom is 0.0487 e. The third-order valence-electron chi connectivity index (χ3n) is 3.84. The van der Waals surface area contributed by atoms with Gasteiger partial charge in [-0.3, -0.25) is 4.99 Å². The summed E-state index contributed by atoms with van der Waals surface area (Å²) in [6, 6.07) is 8.44. The smallest absolute Gasteiger partial charge is 0.0487 e. The summed E-state index contributed by atoms with van der Waals surface area (Å²) < 4.78 is 0. The van der Waals surface area contributed by atoms with Crippen molar-refractivity contribution in [3.63, 3.8) is 0 Å². The molecule has 1 aromatic rings. The van der Waals surface area contributed by atoms with Crippen molar-refractivity contribution >= 4 is 6.21 Å². The van der Waals surface area contributed by atoms with Crippen molar-refractivity contribution in [2.24, 2.45) is 4.99 Å². The van der Waals surface area contributed by atoms with E-state index >= 15 is 0 Å². The lowest BCUT2D eigenvalue weighted by Gasteiger charge is -2.45. The van der Waals surface area contributed by atoms with Gasteiger partial charge >= 0.3 is 0 Å². The number of piperidine rings is 1. The standard InChI is InChI=1S/C13H15N2O/c16-15-7-5-13(6-8-15)10-14-9-11-3-1-2-4-12(11)13/h1-4,9H,5-8,10H2/q-1. The van der Waals surface area contributed by atoms with E-state index in [2.05, 4.69) is 23.2 Å². The predicted octanol–water partition coefficient (Wildman–Crippen LogP) is 1.95. The number of benzene rings is 1. The molecule has 2 heterocycles. The molecule has 1 fully saturated rings. The normalized spacial score (nSPS) is 23.3. The SMILES string of the molecule is [O-]N1CCC2(CC1)CN=Cc1ccccc12. The Morgan fingerprint density at radius 2 is 1.94 bits per heavy atom. The lowest BCUT2D eigenvalue weighted by Crippen LogP contribution is -2.43. The zero-order valence-corrected chi connectivity index (χ0v) is 9.22. The fourth-order valence-corrected chi connectivity index (χ4v) is 2.84. The molecule has 16 heavy (non-hydrogen) atoms. The molecular weight excluding hydrogens is 200 g/mol. The number of nitrogens with zero attached hydrogens (tertiary/aromatic N) is 2. The number of hydroxylamine groups is 2. The van der Waals surface area contributed by atoms with Crippen LogP contribution in [0.3, 0.4) is 0 Å². The van der Waals surface area contributed by atoms with E-state index in [-0.39, 0.29) is 5.41 Å². The third kappa shape index (κ3) is 1.47. The average Bonchev–Trinajstić information content (AvgIpc) is 2.34. The topological polar surface area (TPSA) is 38.7 Å². The minimum absolute atomic E-state index is 0.131. The summed E-state index contributed by atoms with van der Waals surface area (Å²) in [5, 5.41) is 12.5. The van der Waals surface area contributed by atoms with Crippen LogP contribution in [0.1, 0.15) is 24.0 Å². The molecule has 0 aliphatic carbocycles. The number of fused-ring (bicyclic) bond motifs is 2. The Bertz CT molecular complexity index is 420. The molecule has 0 aromatic heterocycles. The van der Waals surface area contributed by atoms with E-state index in [0.717, 1.165) is 19.4 Å². The van der Waals surface area contributed by atoms with E-state index in [1.165, 1.54) is 16.2 Å². The Kier molecular flexibility index (Phi) is 2.30. The van der Waals surface area contributed by atoms with Gasteiger partial charge in [0.1, 0.15) is 0 Å². The van der Waals surface area contributed by atoms with Gasteiger partial charge in [-0.15, -0.1) is 0 Å². The van der Waals surface area contributed by atoms with Crippen LogP contribution in [0.4, 0.5) is 0 Å². The van der Waals surface area contributed by atoms with Gasteiger partial charge in [0.15, 0.2) is 0 Å². The highest BCUT2D eigenvalue weighted by molar-refractivity contribution is 5.83. The molecule has 2 aliphatic heterocycles. The third-order valence-corrected chi connectivity index (χ3v) is 3.84. The fraction of sp³-hybridized carbons (Fsp3) is 0.462. The van der Waals surface area contributed by atoms with Gasteiger partial charge in [-0.25, -0.2) is 0 Å². The first-order chi connectivity index (χ1) is 7.80. The van der Waals surface area contributed by atoms with Crippen LogP contribution in [-0.2, 0) is 5.41 Å². The summed E-state index contributed by atoms with van der Waals surface area (Å²) in [4.78, 5) is 4.47. The molecule has 0 unspecified atom stereocenters. The molecule has 1 saturated heterocycles. The molecule has 1 spiro atoms. The van der Waals surface area contributed by atoms with Crippen molar-refractivity contribution in [1.29, 1.82) is 0 Å². The Hall–Kier alpha value is -1.19. The second-order valence-corrected chi connectivity index (χ2v) is 4.77. The zero-order valence-electron chi connectivity index (χ0n) is 9.22. The second kappa shape index (κ2) is 3.68. The van der Waals surface area contributed by atoms with Gasteiger partial charge in [0.05, 0.1) is 0 Å². The molecule has 3 nitrogen and oxygen atoms in total. The van der Waals surface area contributed by atoms with Crippen molar-refractivity contribution in [2.45, 2.75) is 18.3 Å². The first-order valence-electron chi connectivity index (χ1n) is 5.82. The van der Waals surface area contributed by atoms with Gasteiger partial charge in [0.2, 0.25) is 0 Å². The Balaban J connectivity index is 2.00. The molecule has 0 N–H and O–H groups in total. The van der Waals surface area contributed by atoms with Gasteiger partial charge in [-0.05, 0) is 37.1 Å². The number of aliphatic imine (C=N–C) groups is 1. The highest BCUT2D eigenvalue weighted by atomic mass is 16.5. The summed E-state index contributed by atoms with van der Waals surface area (Å²) in [6.07, 6.45) is 3.83. The average molecular weight is 215 g/mol. The van der Waals surface area contributed by atoms with Crippen molar-refractivity contribution in [2.75, 3.05) is 19.6 Å². The quantitative estimate of drug-likeness (QED) is 0.663. The molecular formula is C13H15N2O-. The van der Waals surface area contributed by atoms with Crippen LogP contribution in [0.15, 0.2) is 29.3 Å². The summed E-state index contributed by atoms with van der Waals surface area (Å²) in [5.74, 6) is 0. The number of hydrogen-bond donors (Lipinski definition) is 0. The van der Waals surface area contributed by atoms with Crippen molar-refractivity contribution in [1.82, 2.24) is 5.06 Å². The monoisotopic (exact) mass is 215 g/mol. The fourth-order valence-electron chi connectivity index (χ4n) is 2.84. The van der Waals surface area contributed by atoms with Crippen molar-refractivity contribution < 1.29 is 0 Å². The molecule has 84 valence electrons. The molecule has 0 saturated carbocycles. The molecule has 3 rings (SSSR count). The van der Waals surface area contributed by atoms with Gasteiger partial charge < -0.3 is 10.3 Å². The van der Waals surface area contributed by atoms with Gasteiger partial charge in [-0.2, -0.15) is 0 Å². The summed E-state index contributed by atoms with van der Waals surface area (Å²) in [7, 11) is 0. The lowest BCUT2D eigenvalue weighted by molar-refractivity contribution is 0.211. The minimum atomic E-state index is 0.131. The highest BCUT2D eigenvalue weighted by Gasteiger charge is 2.36. The second-order valence-electron chi connectivity index (χ2n) is 4.77. The maximum absolute atomic E-state index is 11.3. The Morgan fingerprint density at radius 3 is 2.75 bits per heavy atom. The number of rotatable bonds is 0. The lowest BCUT2D eigenvalue weighted by atomic mass is 9.70. The van der Waals surface area contributed by atoms with Crippen molar-refractivity contribution in [3.05, 3.63) is 40.6 Å². The molecule has 3 heteroatoms. The summed E-state index contributed by atoms with van der Waals surface area (Å²) in [5.41, 5.74) is 2.75. The summed E-state index contributed by atoms with van der Waals surface area (Å²) >= 11 is 0. The van der Waals surface area contributed by atoms with E-state index in [1.807, 2.05) is 12.3 Å². The van der Waals surface area contributed by atoms with E-state index in [4.69, 9.17) is 0 Å². The first kappa shape index (κ1) is 10.00. The van der Waals surface area contributed by atoms with E-state index < -0.39 is 0 Å². The van der Waals surface area contributed by atoms with E-state index in [9.17, 15) is 5.21 Å². The molecule has 0 bridgehead atoms. The first-order valence-corrected chi connectivity index (χ1v) is 5.82. The van der Waals surface area contributed by atoms with Crippen LogP contribution >= 0.6 is 0 Å². The van der Waals surface area contributed by atoms with Crippen LogP contribution in [0.25, 0.3) is 0 Å². The maximum atomic E-state index is 11.3. The molecule has 1 aromatic carbocycles. The minimum Gasteiger partial charge on any atom is -0.785 e. The van der Waals surface area contributed by atoms with Crippen LogP contribution in [0, 0.1) is 5.21 Å². The van der Waals surface area contributed by atoms with Gasteiger partial charge in [-0.1, -0.05) is 24.3 Å². The van der Waals surface area contributed by atoms with Crippen LogP contribution in [-0.4, -0.2) is 30.9 Å². The zero-order chi connectivity index (χ0) is 11.0. The predicted molar refractivity (Wildman–Crippen MR) is 64.8 cm³/mol. The number of hydrogen-bond acceptors (Lipinski definition) is 3. The van der Waals surface area contributed by atoms with Crippen LogP contribution in [0.2, 0.25) is 0 Å². The molecule has 0 atom stereocenters. The van der Waals surface area contributed by atoms with Crippen LogP contribution in [0.5, 0.6) is 0 Å².